The minimum absolute atomic E-state index is 0.0696. The predicted octanol–water partition coefficient (Wildman–Crippen LogP) is 3.12. The van der Waals surface area contributed by atoms with Gasteiger partial charge in [-0.2, -0.15) is 0 Å². The van der Waals surface area contributed by atoms with Gasteiger partial charge < -0.3 is 15.4 Å². The SMILES string of the molecule is S=C(NCC1(c2ccccc2)CCOCC1)Nc1cccnc1. The highest BCUT2D eigenvalue weighted by atomic mass is 32.1. The number of nitrogens with one attached hydrogen (secondary N) is 2. The minimum atomic E-state index is 0.0696. The first-order valence-electron chi connectivity index (χ1n) is 7.87. The van der Waals surface area contributed by atoms with Gasteiger partial charge >= 0.3 is 0 Å². The first-order chi connectivity index (χ1) is 11.3. The topological polar surface area (TPSA) is 46.2 Å². The number of thiocarbonyl (C=S) groups is 1. The van der Waals surface area contributed by atoms with Gasteiger partial charge in [-0.25, -0.2) is 0 Å². The summed E-state index contributed by atoms with van der Waals surface area (Å²) in [5, 5.41) is 7.18. The third kappa shape index (κ3) is 4.06. The van der Waals surface area contributed by atoms with Crippen molar-refractivity contribution < 1.29 is 4.74 Å². The summed E-state index contributed by atoms with van der Waals surface area (Å²) in [6, 6.07) is 14.5. The van der Waals surface area contributed by atoms with Crippen LogP contribution in [0.5, 0.6) is 0 Å². The van der Waals surface area contributed by atoms with Gasteiger partial charge in [0.05, 0.1) is 11.9 Å². The third-order valence-corrected chi connectivity index (χ3v) is 4.59. The van der Waals surface area contributed by atoms with Crippen LogP contribution in [0.25, 0.3) is 0 Å². The van der Waals surface area contributed by atoms with Crippen molar-refractivity contribution in [1.29, 1.82) is 0 Å². The van der Waals surface area contributed by atoms with Crippen LogP contribution < -0.4 is 10.6 Å². The van der Waals surface area contributed by atoms with E-state index in [-0.39, 0.29) is 5.41 Å². The zero-order valence-electron chi connectivity index (χ0n) is 13.0. The molecule has 1 aliphatic rings. The van der Waals surface area contributed by atoms with Crippen LogP contribution in [-0.2, 0) is 10.2 Å². The molecule has 0 aliphatic carbocycles. The van der Waals surface area contributed by atoms with Crippen LogP contribution in [0, 0.1) is 0 Å². The number of anilines is 1. The molecule has 1 aliphatic heterocycles. The van der Waals surface area contributed by atoms with Crippen molar-refractivity contribution in [3.8, 4) is 0 Å². The van der Waals surface area contributed by atoms with E-state index in [1.807, 2.05) is 12.1 Å². The molecule has 2 N–H and O–H groups in total. The molecule has 0 spiro atoms. The fourth-order valence-corrected chi connectivity index (χ4v) is 3.17. The maximum atomic E-state index is 5.56. The Morgan fingerprint density at radius 3 is 2.61 bits per heavy atom. The number of ether oxygens (including phenoxy) is 1. The Kier molecular flexibility index (Phi) is 5.20. The zero-order valence-corrected chi connectivity index (χ0v) is 13.8. The summed E-state index contributed by atoms with van der Waals surface area (Å²) in [7, 11) is 0. The molecule has 0 atom stereocenters. The number of hydrogen-bond acceptors (Lipinski definition) is 3. The number of benzene rings is 1. The quantitative estimate of drug-likeness (QED) is 0.845. The van der Waals surface area contributed by atoms with Gasteiger partial charge in [0.15, 0.2) is 5.11 Å². The molecule has 5 heteroatoms. The molecule has 23 heavy (non-hydrogen) atoms. The second-order valence-corrected chi connectivity index (χ2v) is 6.22. The van der Waals surface area contributed by atoms with Crippen LogP contribution in [-0.4, -0.2) is 29.9 Å². The van der Waals surface area contributed by atoms with E-state index in [1.165, 1.54) is 5.56 Å². The first-order valence-corrected chi connectivity index (χ1v) is 8.28. The molecule has 1 fully saturated rings. The third-order valence-electron chi connectivity index (χ3n) is 4.34. The maximum Gasteiger partial charge on any atom is 0.170 e. The van der Waals surface area contributed by atoms with Crippen molar-refractivity contribution in [3.05, 3.63) is 60.4 Å². The molecule has 4 nitrogen and oxygen atoms in total. The maximum absolute atomic E-state index is 5.56. The van der Waals surface area contributed by atoms with Crippen molar-refractivity contribution >= 4 is 23.0 Å². The summed E-state index contributed by atoms with van der Waals surface area (Å²) in [6.07, 6.45) is 5.50. The fourth-order valence-electron chi connectivity index (χ4n) is 2.98. The van der Waals surface area contributed by atoms with Gasteiger partial charge in [-0.1, -0.05) is 30.3 Å². The molecule has 1 saturated heterocycles. The van der Waals surface area contributed by atoms with Gasteiger partial charge in [-0.3, -0.25) is 4.98 Å². The Bertz CT molecular complexity index is 627. The van der Waals surface area contributed by atoms with Gasteiger partial charge in [-0.15, -0.1) is 0 Å². The molecule has 1 aromatic carbocycles. The molecule has 0 bridgehead atoms. The Balaban J connectivity index is 1.66. The summed E-state index contributed by atoms with van der Waals surface area (Å²) in [4.78, 5) is 4.08. The van der Waals surface area contributed by atoms with Crippen molar-refractivity contribution in [2.75, 3.05) is 25.1 Å². The van der Waals surface area contributed by atoms with Gasteiger partial charge in [0.25, 0.3) is 0 Å². The summed E-state index contributed by atoms with van der Waals surface area (Å²) in [5.74, 6) is 0. The molecular weight excluding hydrogens is 306 g/mol. The Labute approximate surface area is 142 Å². The molecular formula is C18H21N3OS. The van der Waals surface area contributed by atoms with Crippen LogP contribution in [0.3, 0.4) is 0 Å². The lowest BCUT2D eigenvalue weighted by molar-refractivity contribution is 0.0515. The van der Waals surface area contributed by atoms with Gasteiger partial charge in [0.2, 0.25) is 0 Å². The van der Waals surface area contributed by atoms with E-state index in [0.717, 1.165) is 38.3 Å². The van der Waals surface area contributed by atoms with Crippen LogP contribution in [0.4, 0.5) is 5.69 Å². The Morgan fingerprint density at radius 2 is 1.91 bits per heavy atom. The van der Waals surface area contributed by atoms with Crippen LogP contribution in [0.1, 0.15) is 18.4 Å². The second-order valence-electron chi connectivity index (χ2n) is 5.81. The lowest BCUT2D eigenvalue weighted by Crippen LogP contribution is -2.45. The first kappa shape index (κ1) is 15.9. The summed E-state index contributed by atoms with van der Waals surface area (Å²) in [5.41, 5.74) is 2.31. The van der Waals surface area contributed by atoms with E-state index >= 15 is 0 Å². The highest BCUT2D eigenvalue weighted by molar-refractivity contribution is 7.80. The van der Waals surface area contributed by atoms with Crippen molar-refractivity contribution in [1.82, 2.24) is 10.3 Å². The van der Waals surface area contributed by atoms with E-state index in [4.69, 9.17) is 17.0 Å². The molecule has 0 amide bonds. The average molecular weight is 327 g/mol. The molecule has 2 aromatic rings. The van der Waals surface area contributed by atoms with Crippen molar-refractivity contribution in [2.24, 2.45) is 0 Å². The van der Waals surface area contributed by atoms with Crippen LogP contribution >= 0.6 is 12.2 Å². The molecule has 0 unspecified atom stereocenters. The lowest BCUT2D eigenvalue weighted by atomic mass is 9.74. The Hall–Kier alpha value is -1.98. The van der Waals surface area contributed by atoms with Crippen molar-refractivity contribution in [3.63, 3.8) is 0 Å². The predicted molar refractivity (Wildman–Crippen MR) is 96.6 cm³/mol. The van der Waals surface area contributed by atoms with Gasteiger partial charge in [0.1, 0.15) is 0 Å². The molecule has 120 valence electrons. The summed E-state index contributed by atoms with van der Waals surface area (Å²) >= 11 is 5.42. The molecule has 2 heterocycles. The molecule has 1 aromatic heterocycles. The van der Waals surface area contributed by atoms with Crippen LogP contribution in [0.15, 0.2) is 54.9 Å². The summed E-state index contributed by atoms with van der Waals surface area (Å²) < 4.78 is 5.56. The van der Waals surface area contributed by atoms with E-state index < -0.39 is 0 Å². The highest BCUT2D eigenvalue weighted by Crippen LogP contribution is 2.34. The van der Waals surface area contributed by atoms with E-state index in [2.05, 4.69) is 45.9 Å². The Morgan fingerprint density at radius 1 is 1.13 bits per heavy atom. The van der Waals surface area contributed by atoms with Gasteiger partial charge in [-0.05, 0) is 42.8 Å². The molecule has 0 saturated carbocycles. The van der Waals surface area contributed by atoms with E-state index in [1.54, 1.807) is 12.4 Å². The monoisotopic (exact) mass is 327 g/mol. The second kappa shape index (κ2) is 7.53. The number of rotatable bonds is 4. The standard InChI is InChI=1S/C18H21N3OS/c23-17(21-16-7-4-10-19-13-16)20-14-18(8-11-22-12-9-18)15-5-2-1-3-6-15/h1-7,10,13H,8-9,11-12,14H2,(H2,20,21,23). The van der Waals surface area contributed by atoms with E-state index in [9.17, 15) is 0 Å². The van der Waals surface area contributed by atoms with Crippen molar-refractivity contribution in [2.45, 2.75) is 18.3 Å². The van der Waals surface area contributed by atoms with Gasteiger partial charge in [0, 0.05) is 31.4 Å². The number of pyridine rings is 1. The summed E-state index contributed by atoms with van der Waals surface area (Å²) in [6.45, 7) is 2.38. The smallest absolute Gasteiger partial charge is 0.170 e. The molecule has 0 radical (unpaired) electrons. The fraction of sp³-hybridized carbons (Fsp3) is 0.333. The van der Waals surface area contributed by atoms with Crippen LogP contribution in [0.2, 0.25) is 0 Å². The van der Waals surface area contributed by atoms with E-state index in [0.29, 0.717) is 5.11 Å². The largest absolute Gasteiger partial charge is 0.381 e. The zero-order chi connectivity index (χ0) is 16.0. The number of aromatic nitrogens is 1. The number of hydrogen-bond donors (Lipinski definition) is 2. The lowest BCUT2D eigenvalue weighted by Gasteiger charge is -2.38. The molecule has 3 rings (SSSR count). The number of nitrogens with zero attached hydrogens (tertiary/aromatic N) is 1. The normalized spacial score (nSPS) is 16.5. The minimum Gasteiger partial charge on any atom is -0.381 e. The highest BCUT2D eigenvalue weighted by Gasteiger charge is 2.34. The average Bonchev–Trinajstić information content (AvgIpc) is 2.62.